The molecular weight excluding hydrogens is 338 g/mol. The fraction of sp³-hybridized carbons (Fsp3) is 0.444. The number of methoxy groups -OCH3 is 1. The topological polar surface area (TPSA) is 72.4 Å². The first-order valence-corrected chi connectivity index (χ1v) is 9.67. The monoisotopic (exact) mass is 363 g/mol. The molecule has 0 radical (unpaired) electrons. The van der Waals surface area contributed by atoms with Crippen LogP contribution in [0.5, 0.6) is 5.88 Å². The molecule has 1 aromatic carbocycles. The maximum absolute atomic E-state index is 13.2. The highest BCUT2D eigenvalue weighted by atomic mass is 32.2. The Morgan fingerprint density at radius 2 is 1.76 bits per heavy atom. The third-order valence-corrected chi connectivity index (χ3v) is 5.56. The first kappa shape index (κ1) is 19.2. The van der Waals surface area contributed by atoms with Crippen molar-refractivity contribution >= 4 is 16.0 Å². The molecule has 0 saturated heterocycles. The molecule has 0 unspecified atom stereocenters. The highest BCUT2D eigenvalue weighted by Crippen LogP contribution is 2.24. The van der Waals surface area contributed by atoms with Gasteiger partial charge in [-0.25, -0.2) is 17.7 Å². The van der Waals surface area contributed by atoms with Gasteiger partial charge in [0.05, 0.1) is 12.0 Å². The molecule has 25 heavy (non-hydrogen) atoms. The van der Waals surface area contributed by atoms with E-state index in [1.54, 1.807) is 37.3 Å². The van der Waals surface area contributed by atoms with Gasteiger partial charge in [-0.2, -0.15) is 4.98 Å². The molecule has 0 N–H and O–H groups in total. The van der Waals surface area contributed by atoms with Crippen LogP contribution in [0.2, 0.25) is 0 Å². The van der Waals surface area contributed by atoms with Crippen molar-refractivity contribution in [1.29, 1.82) is 0 Å². The zero-order valence-corrected chi connectivity index (χ0v) is 16.2. The number of hydrogen-bond donors (Lipinski definition) is 0. The minimum absolute atomic E-state index is 0.137. The third-order valence-electron chi connectivity index (χ3n) is 3.77. The van der Waals surface area contributed by atoms with E-state index >= 15 is 0 Å². The largest absolute Gasteiger partial charge is 0.481 e. The molecule has 0 spiro atoms. The minimum Gasteiger partial charge on any atom is -0.481 e. The van der Waals surface area contributed by atoms with Gasteiger partial charge < -0.3 is 4.74 Å². The van der Waals surface area contributed by atoms with Crippen molar-refractivity contribution in [3.05, 3.63) is 41.6 Å². The van der Waals surface area contributed by atoms with E-state index < -0.39 is 10.0 Å². The average molecular weight is 363 g/mol. The summed E-state index contributed by atoms with van der Waals surface area (Å²) < 4.78 is 32.8. The molecule has 1 aromatic heterocycles. The van der Waals surface area contributed by atoms with Crippen LogP contribution in [0.15, 0.2) is 35.2 Å². The van der Waals surface area contributed by atoms with Crippen LogP contribution < -0.4 is 9.04 Å². The second-order valence-corrected chi connectivity index (χ2v) is 8.29. The van der Waals surface area contributed by atoms with Gasteiger partial charge in [0.25, 0.3) is 10.0 Å². The van der Waals surface area contributed by atoms with Crippen LogP contribution in [-0.2, 0) is 10.0 Å². The molecule has 0 atom stereocenters. The summed E-state index contributed by atoms with van der Waals surface area (Å²) in [6, 6.07) is 8.46. The van der Waals surface area contributed by atoms with Crippen molar-refractivity contribution in [2.24, 2.45) is 5.92 Å². The number of ether oxygens (including phenoxy) is 1. The van der Waals surface area contributed by atoms with Gasteiger partial charge in [0, 0.05) is 18.3 Å². The number of anilines is 1. The fourth-order valence-electron chi connectivity index (χ4n) is 2.28. The first-order chi connectivity index (χ1) is 11.7. The summed E-state index contributed by atoms with van der Waals surface area (Å²) >= 11 is 0. The summed E-state index contributed by atoms with van der Waals surface area (Å²) in [6.45, 7) is 8.11. The summed E-state index contributed by atoms with van der Waals surface area (Å²) in [5.74, 6) is 0.830. The van der Waals surface area contributed by atoms with Crippen LogP contribution in [-0.4, -0.2) is 32.0 Å². The number of benzene rings is 1. The van der Waals surface area contributed by atoms with Crippen molar-refractivity contribution in [2.45, 2.75) is 39.0 Å². The molecule has 6 nitrogen and oxygen atoms in total. The zero-order valence-electron chi connectivity index (χ0n) is 15.4. The molecule has 0 bridgehead atoms. The molecule has 1 heterocycles. The lowest BCUT2D eigenvalue weighted by Gasteiger charge is -2.24. The standard InChI is InChI=1S/C18H25N3O3S/c1-13(2)10-11-21(18-19-15(4)12-17(20-18)24-5)25(22,23)16-8-6-14(3)7-9-16/h6-9,12-13H,10-11H2,1-5H3. The molecule has 0 fully saturated rings. The third kappa shape index (κ3) is 4.69. The molecule has 0 aliphatic carbocycles. The smallest absolute Gasteiger partial charge is 0.266 e. The maximum atomic E-state index is 13.2. The van der Waals surface area contributed by atoms with Crippen LogP contribution in [0.4, 0.5) is 5.95 Å². The van der Waals surface area contributed by atoms with E-state index in [9.17, 15) is 8.42 Å². The average Bonchev–Trinajstić information content (AvgIpc) is 2.54. The number of nitrogens with zero attached hydrogens (tertiary/aromatic N) is 3. The van der Waals surface area contributed by atoms with Crippen LogP contribution in [0, 0.1) is 19.8 Å². The molecule has 0 aliphatic rings. The predicted octanol–water partition coefficient (Wildman–Crippen LogP) is 3.34. The molecule has 7 heteroatoms. The number of sulfonamides is 1. The maximum Gasteiger partial charge on any atom is 0.266 e. The number of rotatable bonds is 7. The number of aryl methyl sites for hydroxylation is 2. The zero-order chi connectivity index (χ0) is 18.6. The van der Waals surface area contributed by atoms with Gasteiger partial charge in [-0.15, -0.1) is 0 Å². The number of aromatic nitrogens is 2. The Morgan fingerprint density at radius 1 is 1.12 bits per heavy atom. The highest BCUT2D eigenvalue weighted by Gasteiger charge is 2.27. The SMILES string of the molecule is COc1cc(C)nc(N(CCC(C)C)S(=O)(=O)c2ccc(C)cc2)n1. The Morgan fingerprint density at radius 3 is 2.32 bits per heavy atom. The van der Waals surface area contributed by atoms with Gasteiger partial charge in [-0.1, -0.05) is 31.5 Å². The Bertz CT molecular complexity index is 818. The Hall–Kier alpha value is -2.15. The van der Waals surface area contributed by atoms with Crippen LogP contribution in [0.1, 0.15) is 31.5 Å². The summed E-state index contributed by atoms with van der Waals surface area (Å²) in [6.07, 6.45) is 0.699. The number of hydrogen-bond acceptors (Lipinski definition) is 5. The summed E-state index contributed by atoms with van der Waals surface area (Å²) in [7, 11) is -2.26. The van der Waals surface area contributed by atoms with Crippen molar-refractivity contribution in [3.8, 4) is 5.88 Å². The molecule has 0 amide bonds. The lowest BCUT2D eigenvalue weighted by Crippen LogP contribution is -2.34. The fourth-order valence-corrected chi connectivity index (χ4v) is 3.66. The molecule has 0 aliphatic heterocycles. The van der Waals surface area contributed by atoms with E-state index in [0.29, 0.717) is 30.5 Å². The quantitative estimate of drug-likeness (QED) is 0.754. The van der Waals surface area contributed by atoms with E-state index in [-0.39, 0.29) is 10.8 Å². The van der Waals surface area contributed by atoms with E-state index in [1.807, 2.05) is 20.8 Å². The first-order valence-electron chi connectivity index (χ1n) is 8.23. The summed E-state index contributed by atoms with van der Waals surface area (Å²) in [4.78, 5) is 8.81. The van der Waals surface area contributed by atoms with Crippen molar-refractivity contribution < 1.29 is 13.2 Å². The predicted molar refractivity (Wildman–Crippen MR) is 98.5 cm³/mol. The van der Waals surface area contributed by atoms with Gasteiger partial charge >= 0.3 is 0 Å². The van der Waals surface area contributed by atoms with E-state index in [0.717, 1.165) is 5.56 Å². The van der Waals surface area contributed by atoms with Crippen molar-refractivity contribution in [3.63, 3.8) is 0 Å². The molecule has 136 valence electrons. The lowest BCUT2D eigenvalue weighted by molar-refractivity contribution is 0.396. The Labute approximate surface area is 149 Å². The highest BCUT2D eigenvalue weighted by molar-refractivity contribution is 7.92. The lowest BCUT2D eigenvalue weighted by atomic mass is 10.1. The van der Waals surface area contributed by atoms with Crippen molar-refractivity contribution in [1.82, 2.24) is 9.97 Å². The van der Waals surface area contributed by atoms with Crippen molar-refractivity contribution in [2.75, 3.05) is 18.0 Å². The molecule has 2 aromatic rings. The second-order valence-electron chi connectivity index (χ2n) is 6.42. The normalized spacial score (nSPS) is 11.6. The molecule has 0 saturated carbocycles. The van der Waals surface area contributed by atoms with Gasteiger partial charge in [0.1, 0.15) is 0 Å². The van der Waals surface area contributed by atoms with E-state index in [4.69, 9.17) is 4.74 Å². The minimum atomic E-state index is -3.76. The Kier molecular flexibility index (Phi) is 6.00. The van der Waals surface area contributed by atoms with Gasteiger partial charge in [-0.3, -0.25) is 0 Å². The Balaban J connectivity index is 2.52. The van der Waals surface area contributed by atoms with Gasteiger partial charge in [0.15, 0.2) is 0 Å². The molecule has 2 rings (SSSR count). The van der Waals surface area contributed by atoms with Gasteiger partial charge in [-0.05, 0) is 38.3 Å². The summed E-state index contributed by atoms with van der Waals surface area (Å²) in [5.41, 5.74) is 1.65. The van der Waals surface area contributed by atoms with E-state index in [1.165, 1.54) is 11.4 Å². The summed E-state index contributed by atoms with van der Waals surface area (Å²) in [5, 5.41) is 0. The van der Waals surface area contributed by atoms with E-state index in [2.05, 4.69) is 9.97 Å². The molecular formula is C18H25N3O3S. The second kappa shape index (κ2) is 7.82. The van der Waals surface area contributed by atoms with Crippen LogP contribution in [0.3, 0.4) is 0 Å². The van der Waals surface area contributed by atoms with Gasteiger partial charge in [0.2, 0.25) is 11.8 Å². The van der Waals surface area contributed by atoms with Crippen LogP contribution in [0.25, 0.3) is 0 Å². The van der Waals surface area contributed by atoms with Crippen LogP contribution >= 0.6 is 0 Å².